The summed E-state index contributed by atoms with van der Waals surface area (Å²) in [7, 11) is 1.59. The quantitative estimate of drug-likeness (QED) is 0.186. The van der Waals surface area contributed by atoms with Crippen LogP contribution in [0.15, 0.2) is 61.2 Å². The number of para-hydroxylation sites is 1. The number of imide groups is 1. The highest BCUT2D eigenvalue weighted by molar-refractivity contribution is 6.50. The standard InChI is InChI=1S/C34H39N5O4/c1-24-21-35-23-39(24)18-8-17-38-22-27(26-10-4-5-11-28(26)38)32-31(33(40)36-34(32)41)25-12-13-29(30(20-25)42-2)43-19-9-16-37-14-6-3-7-15-37/h4-5,10-13,20-23H,3,6-9,14-19H2,1-2H3,(H,36,40,41). The van der Waals surface area contributed by atoms with Crippen molar-refractivity contribution in [2.75, 3.05) is 33.4 Å². The van der Waals surface area contributed by atoms with Crippen molar-refractivity contribution in [2.24, 2.45) is 0 Å². The van der Waals surface area contributed by atoms with Crippen molar-refractivity contribution in [2.45, 2.75) is 52.1 Å². The molecular weight excluding hydrogens is 542 g/mol. The number of piperidine rings is 1. The van der Waals surface area contributed by atoms with Crippen molar-refractivity contribution in [3.8, 4) is 11.5 Å². The van der Waals surface area contributed by atoms with Crippen LogP contribution in [-0.2, 0) is 22.7 Å². The topological polar surface area (TPSA) is 90.6 Å². The number of nitrogens with one attached hydrogen (secondary N) is 1. The number of ether oxygens (including phenoxy) is 2. The summed E-state index contributed by atoms with van der Waals surface area (Å²) in [4.78, 5) is 33.2. The molecule has 0 unspecified atom stereocenters. The van der Waals surface area contributed by atoms with Crippen LogP contribution in [-0.4, -0.2) is 64.2 Å². The zero-order valence-electron chi connectivity index (χ0n) is 25.0. The number of nitrogens with zero attached hydrogens (tertiary/aromatic N) is 4. The fourth-order valence-electron chi connectivity index (χ4n) is 6.25. The van der Waals surface area contributed by atoms with Gasteiger partial charge in [0.1, 0.15) is 0 Å². The first-order valence-electron chi connectivity index (χ1n) is 15.2. The van der Waals surface area contributed by atoms with Gasteiger partial charge in [-0.15, -0.1) is 0 Å². The molecule has 0 spiro atoms. The van der Waals surface area contributed by atoms with Crippen molar-refractivity contribution in [1.82, 2.24) is 24.3 Å². The van der Waals surface area contributed by atoms with Gasteiger partial charge in [-0.2, -0.15) is 0 Å². The molecule has 0 bridgehead atoms. The molecular formula is C34H39N5O4. The lowest BCUT2D eigenvalue weighted by atomic mass is 9.95. The minimum Gasteiger partial charge on any atom is -0.493 e. The predicted molar refractivity (Wildman–Crippen MR) is 167 cm³/mol. The van der Waals surface area contributed by atoms with Crippen LogP contribution in [0.3, 0.4) is 0 Å². The minimum absolute atomic E-state index is 0.344. The lowest BCUT2D eigenvalue weighted by Gasteiger charge is -2.26. The second-order valence-corrected chi connectivity index (χ2v) is 11.3. The molecule has 4 heterocycles. The molecule has 2 aliphatic rings. The van der Waals surface area contributed by atoms with Crippen LogP contribution in [0.5, 0.6) is 11.5 Å². The summed E-state index contributed by atoms with van der Waals surface area (Å²) in [5, 5.41) is 3.46. The second-order valence-electron chi connectivity index (χ2n) is 11.3. The van der Waals surface area contributed by atoms with Gasteiger partial charge in [-0.3, -0.25) is 14.9 Å². The molecule has 0 aliphatic carbocycles. The largest absolute Gasteiger partial charge is 0.493 e. The fraction of sp³-hybridized carbons (Fsp3) is 0.382. The van der Waals surface area contributed by atoms with E-state index in [1.807, 2.05) is 56.0 Å². The number of aromatic nitrogens is 3. The van der Waals surface area contributed by atoms with Gasteiger partial charge in [0.25, 0.3) is 11.8 Å². The van der Waals surface area contributed by atoms with Crippen LogP contribution >= 0.6 is 0 Å². The number of imidazole rings is 1. The summed E-state index contributed by atoms with van der Waals surface area (Å²) in [6.45, 7) is 7.58. The monoisotopic (exact) mass is 581 g/mol. The minimum atomic E-state index is -0.412. The molecule has 9 heteroatoms. The SMILES string of the molecule is COc1cc(C2=C(c3cn(CCCn4cncc4C)c4ccccc34)C(=O)NC2=O)ccc1OCCCN1CCCCC1. The van der Waals surface area contributed by atoms with E-state index in [4.69, 9.17) is 9.47 Å². The molecule has 0 saturated carbocycles. The Morgan fingerprint density at radius 2 is 1.67 bits per heavy atom. The van der Waals surface area contributed by atoms with Crippen molar-refractivity contribution < 1.29 is 19.1 Å². The van der Waals surface area contributed by atoms with Crippen molar-refractivity contribution >= 4 is 33.9 Å². The maximum absolute atomic E-state index is 13.3. The van der Waals surface area contributed by atoms with Gasteiger partial charge in [0.2, 0.25) is 0 Å². The Morgan fingerprint density at radius 1 is 0.884 bits per heavy atom. The molecule has 0 atom stereocenters. The number of fused-ring (bicyclic) bond motifs is 1. The van der Waals surface area contributed by atoms with Crippen molar-refractivity contribution in [1.29, 1.82) is 0 Å². The zero-order valence-corrected chi connectivity index (χ0v) is 25.0. The molecule has 1 fully saturated rings. The molecule has 4 aromatic rings. The number of carbonyl (C=O) groups is 2. The molecule has 2 amide bonds. The van der Waals surface area contributed by atoms with E-state index in [-0.39, 0.29) is 0 Å². The van der Waals surface area contributed by atoms with Gasteiger partial charge in [-0.05, 0) is 69.5 Å². The molecule has 2 aromatic heterocycles. The summed E-state index contributed by atoms with van der Waals surface area (Å²) in [6, 6.07) is 13.5. The van der Waals surface area contributed by atoms with Crippen LogP contribution in [0.25, 0.3) is 22.0 Å². The second kappa shape index (κ2) is 12.9. The Balaban J connectivity index is 1.26. The Bertz CT molecular complexity index is 1660. The molecule has 9 nitrogen and oxygen atoms in total. The van der Waals surface area contributed by atoms with Gasteiger partial charge in [0, 0.05) is 54.2 Å². The van der Waals surface area contributed by atoms with Crippen LogP contribution in [0.4, 0.5) is 0 Å². The third-order valence-corrected chi connectivity index (χ3v) is 8.48. The van der Waals surface area contributed by atoms with E-state index >= 15 is 0 Å². The van der Waals surface area contributed by atoms with E-state index in [0.29, 0.717) is 34.8 Å². The molecule has 2 aromatic carbocycles. The summed E-state index contributed by atoms with van der Waals surface area (Å²) in [5.41, 5.74) is 4.22. The number of amides is 2. The first-order valence-corrected chi connectivity index (χ1v) is 15.2. The number of likely N-dealkylation sites (tertiary alicyclic amines) is 1. The smallest absolute Gasteiger partial charge is 0.259 e. The molecule has 6 rings (SSSR count). The van der Waals surface area contributed by atoms with Gasteiger partial charge in [-0.1, -0.05) is 30.7 Å². The molecule has 43 heavy (non-hydrogen) atoms. The normalized spacial score (nSPS) is 15.9. The van der Waals surface area contributed by atoms with Gasteiger partial charge < -0.3 is 23.5 Å². The van der Waals surface area contributed by atoms with Crippen LogP contribution in [0.2, 0.25) is 0 Å². The van der Waals surface area contributed by atoms with E-state index < -0.39 is 11.8 Å². The van der Waals surface area contributed by atoms with E-state index in [2.05, 4.69) is 30.4 Å². The summed E-state index contributed by atoms with van der Waals surface area (Å²) in [5.74, 6) is 0.354. The van der Waals surface area contributed by atoms with Crippen molar-refractivity contribution in [3.05, 3.63) is 78.0 Å². The first-order chi connectivity index (χ1) is 21.0. The lowest BCUT2D eigenvalue weighted by Crippen LogP contribution is -2.31. The first kappa shape index (κ1) is 28.7. The Labute approximate surface area is 252 Å². The number of benzene rings is 2. The van der Waals surface area contributed by atoms with Crippen molar-refractivity contribution in [3.63, 3.8) is 0 Å². The number of carbonyl (C=O) groups excluding carboxylic acids is 2. The maximum atomic E-state index is 13.3. The van der Waals surface area contributed by atoms with Crippen LogP contribution < -0.4 is 14.8 Å². The number of rotatable bonds is 12. The molecule has 1 N–H and O–H groups in total. The van der Waals surface area contributed by atoms with Gasteiger partial charge in [-0.25, -0.2) is 4.98 Å². The molecule has 2 aliphatic heterocycles. The summed E-state index contributed by atoms with van der Waals surface area (Å²) in [6.07, 6.45) is 11.4. The maximum Gasteiger partial charge on any atom is 0.259 e. The number of hydrogen-bond acceptors (Lipinski definition) is 6. The van der Waals surface area contributed by atoms with E-state index in [1.54, 1.807) is 13.2 Å². The Hall–Kier alpha value is -4.37. The zero-order chi connectivity index (χ0) is 29.8. The van der Waals surface area contributed by atoms with E-state index in [9.17, 15) is 9.59 Å². The lowest BCUT2D eigenvalue weighted by molar-refractivity contribution is -0.122. The summed E-state index contributed by atoms with van der Waals surface area (Å²) < 4.78 is 16.0. The van der Waals surface area contributed by atoms with Gasteiger partial charge >= 0.3 is 0 Å². The number of aryl methyl sites for hydroxylation is 3. The third kappa shape index (κ3) is 6.08. The molecule has 224 valence electrons. The molecule has 1 saturated heterocycles. The highest BCUT2D eigenvalue weighted by Crippen LogP contribution is 2.39. The predicted octanol–water partition coefficient (Wildman–Crippen LogP) is 5.07. The average molecular weight is 582 g/mol. The van der Waals surface area contributed by atoms with Crippen LogP contribution in [0.1, 0.15) is 48.9 Å². The third-order valence-electron chi connectivity index (χ3n) is 8.48. The number of hydrogen-bond donors (Lipinski definition) is 1. The molecule has 0 radical (unpaired) electrons. The van der Waals surface area contributed by atoms with Crippen LogP contribution in [0, 0.1) is 6.92 Å². The van der Waals surface area contributed by atoms with E-state index in [1.165, 1.54) is 32.4 Å². The Morgan fingerprint density at radius 3 is 2.47 bits per heavy atom. The highest BCUT2D eigenvalue weighted by atomic mass is 16.5. The van der Waals surface area contributed by atoms with Gasteiger partial charge in [0.15, 0.2) is 11.5 Å². The van der Waals surface area contributed by atoms with Gasteiger partial charge in [0.05, 0.1) is 31.2 Å². The average Bonchev–Trinajstić information content (AvgIpc) is 3.70. The number of methoxy groups -OCH3 is 1. The highest BCUT2D eigenvalue weighted by Gasteiger charge is 2.34. The van der Waals surface area contributed by atoms with E-state index in [0.717, 1.165) is 54.6 Å². The Kier molecular flexibility index (Phi) is 8.60. The fourth-order valence-corrected chi connectivity index (χ4v) is 6.25. The summed E-state index contributed by atoms with van der Waals surface area (Å²) >= 11 is 0.